The molecule has 0 radical (unpaired) electrons. The zero-order valence-electron chi connectivity index (χ0n) is 22.3. The molecule has 4 aromatic rings. The summed E-state index contributed by atoms with van der Waals surface area (Å²) in [4.78, 5) is 45.4. The lowest BCUT2D eigenvalue weighted by molar-refractivity contribution is -0.132. The fourth-order valence-electron chi connectivity index (χ4n) is 4.62. The standard InChI is InChI=1S/C31H26N2O6S/c1-17-13-14-18(2)23(15-17)26(34)24-25(20-9-8-12-22(16-20)39-21-10-6-5-7-11-21)33(29(36)27(24)35)31-32-19(3)28(40-31)30(37)38-4/h5-16,25,34H,1-4H3/b26-24+. The molecule has 1 saturated heterocycles. The molecule has 0 saturated carbocycles. The van der Waals surface area contributed by atoms with Gasteiger partial charge in [-0.2, -0.15) is 0 Å². The van der Waals surface area contributed by atoms with Crippen LogP contribution in [0.15, 0.2) is 78.4 Å². The van der Waals surface area contributed by atoms with Gasteiger partial charge in [0.2, 0.25) is 0 Å². The van der Waals surface area contributed by atoms with Crippen LogP contribution in [0.5, 0.6) is 11.5 Å². The van der Waals surface area contributed by atoms with E-state index in [0.717, 1.165) is 22.5 Å². The van der Waals surface area contributed by atoms with Crippen LogP contribution < -0.4 is 9.64 Å². The first-order valence-electron chi connectivity index (χ1n) is 12.5. The van der Waals surface area contributed by atoms with E-state index in [2.05, 4.69) is 4.98 Å². The molecule has 40 heavy (non-hydrogen) atoms. The molecule has 3 aromatic carbocycles. The Labute approximate surface area is 235 Å². The molecule has 0 aliphatic carbocycles. The summed E-state index contributed by atoms with van der Waals surface area (Å²) in [5.74, 6) is -1.51. The van der Waals surface area contributed by atoms with Gasteiger partial charge in [-0.1, -0.05) is 59.4 Å². The predicted molar refractivity (Wildman–Crippen MR) is 152 cm³/mol. The molecule has 202 valence electrons. The van der Waals surface area contributed by atoms with E-state index in [1.54, 1.807) is 37.3 Å². The van der Waals surface area contributed by atoms with E-state index >= 15 is 0 Å². The molecule has 1 unspecified atom stereocenters. The lowest BCUT2D eigenvalue weighted by atomic mass is 9.93. The van der Waals surface area contributed by atoms with Crippen LogP contribution >= 0.6 is 11.3 Å². The monoisotopic (exact) mass is 554 g/mol. The first-order chi connectivity index (χ1) is 19.2. The molecule has 1 N–H and O–H groups in total. The second-order valence-electron chi connectivity index (χ2n) is 9.38. The molecule has 1 amide bonds. The molecule has 1 aliphatic heterocycles. The van der Waals surface area contributed by atoms with Gasteiger partial charge in [0.15, 0.2) is 5.13 Å². The first kappa shape index (κ1) is 26.8. The topological polar surface area (TPSA) is 106 Å². The second kappa shape index (κ2) is 10.8. The number of anilines is 1. The molecule has 1 atom stereocenters. The van der Waals surface area contributed by atoms with Crippen molar-refractivity contribution >= 4 is 39.9 Å². The van der Waals surface area contributed by atoms with Crippen LogP contribution in [0, 0.1) is 20.8 Å². The fraction of sp³-hybridized carbons (Fsp3) is 0.161. The van der Waals surface area contributed by atoms with Crippen molar-refractivity contribution in [2.75, 3.05) is 12.0 Å². The van der Waals surface area contributed by atoms with E-state index in [0.29, 0.717) is 28.3 Å². The molecule has 9 heteroatoms. The fourth-order valence-corrected chi connectivity index (χ4v) is 5.63. The maximum Gasteiger partial charge on any atom is 0.350 e. The van der Waals surface area contributed by atoms with Gasteiger partial charge < -0.3 is 14.6 Å². The van der Waals surface area contributed by atoms with Gasteiger partial charge in [0, 0.05) is 5.56 Å². The number of nitrogens with zero attached hydrogens (tertiary/aromatic N) is 2. The van der Waals surface area contributed by atoms with E-state index in [9.17, 15) is 19.5 Å². The molecule has 5 rings (SSSR count). The quantitative estimate of drug-likeness (QED) is 0.130. The average Bonchev–Trinajstić information content (AvgIpc) is 3.46. The SMILES string of the molecule is COC(=O)c1sc(N2C(=O)C(=O)/C(=C(/O)c3cc(C)ccc3C)C2c2cccc(Oc3ccccc3)c2)nc1C. The summed E-state index contributed by atoms with van der Waals surface area (Å²) in [6.45, 7) is 5.33. The van der Waals surface area contributed by atoms with Crippen molar-refractivity contribution in [3.63, 3.8) is 0 Å². The number of amides is 1. The maximum atomic E-state index is 13.6. The number of benzene rings is 3. The van der Waals surface area contributed by atoms with Crippen LogP contribution in [0.1, 0.15) is 43.7 Å². The first-order valence-corrected chi connectivity index (χ1v) is 13.3. The molecule has 0 bridgehead atoms. The highest BCUT2D eigenvalue weighted by Crippen LogP contribution is 2.45. The van der Waals surface area contributed by atoms with Crippen molar-refractivity contribution < 1.29 is 29.0 Å². The molecule has 2 heterocycles. The number of aliphatic hydroxyl groups excluding tert-OH is 1. The number of rotatable bonds is 6. The lowest BCUT2D eigenvalue weighted by Gasteiger charge is -2.23. The third-order valence-electron chi connectivity index (χ3n) is 6.61. The van der Waals surface area contributed by atoms with Crippen LogP contribution in [0.3, 0.4) is 0 Å². The highest BCUT2D eigenvalue weighted by molar-refractivity contribution is 7.17. The number of aryl methyl sites for hydroxylation is 3. The van der Waals surface area contributed by atoms with E-state index < -0.39 is 23.7 Å². The van der Waals surface area contributed by atoms with Crippen LogP contribution in [0.25, 0.3) is 5.76 Å². The molecule has 1 fully saturated rings. The summed E-state index contributed by atoms with van der Waals surface area (Å²) in [6, 6.07) is 20.7. The number of esters is 1. The highest BCUT2D eigenvalue weighted by Gasteiger charge is 2.48. The van der Waals surface area contributed by atoms with Gasteiger partial charge in [0.25, 0.3) is 5.78 Å². The van der Waals surface area contributed by atoms with Gasteiger partial charge in [-0.25, -0.2) is 9.78 Å². The van der Waals surface area contributed by atoms with Crippen molar-refractivity contribution in [1.82, 2.24) is 4.98 Å². The predicted octanol–water partition coefficient (Wildman–Crippen LogP) is 6.27. The number of carbonyl (C=O) groups excluding carboxylic acids is 3. The third-order valence-corrected chi connectivity index (χ3v) is 7.74. The number of aliphatic hydroxyl groups is 1. The van der Waals surface area contributed by atoms with Crippen molar-refractivity contribution in [3.8, 4) is 11.5 Å². The Hall–Kier alpha value is -4.76. The van der Waals surface area contributed by atoms with Gasteiger partial charge in [-0.05, 0) is 62.2 Å². The molecular weight excluding hydrogens is 528 g/mol. The number of thiazole rings is 1. The summed E-state index contributed by atoms with van der Waals surface area (Å²) in [5.41, 5.74) is 2.88. The van der Waals surface area contributed by atoms with E-state index in [-0.39, 0.29) is 21.3 Å². The Bertz CT molecular complexity index is 1670. The summed E-state index contributed by atoms with van der Waals surface area (Å²) >= 11 is 0.947. The zero-order chi connectivity index (χ0) is 28.6. The normalized spacial score (nSPS) is 16.3. The zero-order valence-corrected chi connectivity index (χ0v) is 23.1. The van der Waals surface area contributed by atoms with Gasteiger partial charge in [-0.3, -0.25) is 14.5 Å². The highest BCUT2D eigenvalue weighted by atomic mass is 32.1. The van der Waals surface area contributed by atoms with Crippen molar-refractivity contribution in [3.05, 3.63) is 111 Å². The number of para-hydroxylation sites is 1. The number of ether oxygens (including phenoxy) is 2. The summed E-state index contributed by atoms with van der Waals surface area (Å²) in [6.07, 6.45) is 0. The van der Waals surface area contributed by atoms with Crippen LogP contribution in [-0.4, -0.2) is 34.9 Å². The lowest BCUT2D eigenvalue weighted by Crippen LogP contribution is -2.29. The van der Waals surface area contributed by atoms with Crippen molar-refractivity contribution in [2.24, 2.45) is 0 Å². The van der Waals surface area contributed by atoms with Gasteiger partial charge >= 0.3 is 11.9 Å². The minimum Gasteiger partial charge on any atom is -0.507 e. The number of hydrogen-bond acceptors (Lipinski definition) is 8. The Morgan fingerprint density at radius 2 is 1.68 bits per heavy atom. The van der Waals surface area contributed by atoms with E-state index in [4.69, 9.17) is 9.47 Å². The Morgan fingerprint density at radius 1 is 0.950 bits per heavy atom. The minimum atomic E-state index is -1.03. The second-order valence-corrected chi connectivity index (χ2v) is 10.4. The van der Waals surface area contributed by atoms with Gasteiger partial charge in [0.1, 0.15) is 22.1 Å². The number of methoxy groups -OCH3 is 1. The molecule has 1 aromatic heterocycles. The Morgan fingerprint density at radius 3 is 2.40 bits per heavy atom. The Kier molecular flexibility index (Phi) is 7.23. The number of ketones is 1. The van der Waals surface area contributed by atoms with Crippen molar-refractivity contribution in [2.45, 2.75) is 26.8 Å². The van der Waals surface area contributed by atoms with E-state index in [1.807, 2.05) is 56.3 Å². The molecule has 0 spiro atoms. The largest absolute Gasteiger partial charge is 0.507 e. The summed E-state index contributed by atoms with van der Waals surface area (Å²) < 4.78 is 10.9. The van der Waals surface area contributed by atoms with Gasteiger partial charge in [-0.15, -0.1) is 0 Å². The van der Waals surface area contributed by atoms with Crippen LogP contribution in [0.2, 0.25) is 0 Å². The summed E-state index contributed by atoms with van der Waals surface area (Å²) in [7, 11) is 1.26. The summed E-state index contributed by atoms with van der Waals surface area (Å²) in [5, 5.41) is 11.7. The molecular formula is C31H26N2O6S. The van der Waals surface area contributed by atoms with Gasteiger partial charge in [0.05, 0.1) is 24.4 Å². The van der Waals surface area contributed by atoms with Crippen molar-refractivity contribution in [1.29, 1.82) is 0 Å². The third kappa shape index (κ3) is 4.87. The van der Waals surface area contributed by atoms with E-state index in [1.165, 1.54) is 12.0 Å². The number of carbonyl (C=O) groups is 3. The smallest absolute Gasteiger partial charge is 0.350 e. The molecule has 8 nitrogen and oxygen atoms in total. The number of Topliss-reactive ketones (excluding diaryl/α,β-unsaturated/α-hetero) is 1. The minimum absolute atomic E-state index is 0.0805. The molecule has 1 aliphatic rings. The maximum absolute atomic E-state index is 13.6. The average molecular weight is 555 g/mol. The van der Waals surface area contributed by atoms with Crippen LogP contribution in [-0.2, 0) is 14.3 Å². The number of aromatic nitrogens is 1. The van der Waals surface area contributed by atoms with Crippen LogP contribution in [0.4, 0.5) is 5.13 Å². The number of hydrogen-bond donors (Lipinski definition) is 1. The Balaban J connectivity index is 1.70.